The van der Waals surface area contributed by atoms with Crippen molar-refractivity contribution in [3.63, 3.8) is 0 Å². The zero-order chi connectivity index (χ0) is 17.2. The molecule has 0 heterocycles. The number of allylic oxidation sites excluding steroid dienone is 1. The first-order valence-corrected chi connectivity index (χ1v) is 8.77. The van der Waals surface area contributed by atoms with Gasteiger partial charge in [-0.3, -0.25) is 9.59 Å². The van der Waals surface area contributed by atoms with Crippen LogP contribution in [0.2, 0.25) is 0 Å². The number of ketones is 1. The van der Waals surface area contributed by atoms with E-state index < -0.39 is 17.6 Å². The van der Waals surface area contributed by atoms with Crippen LogP contribution in [-0.4, -0.2) is 24.6 Å². The molecular formula is C18H23NaO4S. The minimum Gasteiger partial charge on any atom is -0.875 e. The summed E-state index contributed by atoms with van der Waals surface area (Å²) in [7, 11) is 1.27. The summed E-state index contributed by atoms with van der Waals surface area (Å²) in [5.74, 6) is -1.51. The van der Waals surface area contributed by atoms with Gasteiger partial charge >= 0.3 is 35.5 Å². The largest absolute Gasteiger partial charge is 1.00 e. The molecule has 126 valence electrons. The van der Waals surface area contributed by atoms with Crippen molar-refractivity contribution in [2.24, 2.45) is 11.8 Å². The van der Waals surface area contributed by atoms with Crippen molar-refractivity contribution in [1.82, 2.24) is 0 Å². The van der Waals surface area contributed by atoms with Gasteiger partial charge in [0.05, 0.1) is 13.0 Å². The normalized spacial score (nSPS) is 19.3. The summed E-state index contributed by atoms with van der Waals surface area (Å²) in [5, 5.41) is 11.9. The second kappa shape index (κ2) is 12.6. The predicted molar refractivity (Wildman–Crippen MR) is 89.8 cm³/mol. The van der Waals surface area contributed by atoms with Crippen LogP contribution in [0, 0.1) is 11.8 Å². The average Bonchev–Trinajstić information content (AvgIpc) is 2.56. The third kappa shape index (κ3) is 7.01. The monoisotopic (exact) mass is 358 g/mol. The van der Waals surface area contributed by atoms with Crippen molar-refractivity contribution < 1.29 is 49.0 Å². The minimum absolute atomic E-state index is 0. The first-order valence-electron chi connectivity index (χ1n) is 7.79. The Morgan fingerprint density at radius 3 is 2.50 bits per heavy atom. The van der Waals surface area contributed by atoms with E-state index in [1.165, 1.54) is 7.11 Å². The van der Waals surface area contributed by atoms with Gasteiger partial charge < -0.3 is 9.84 Å². The molecule has 0 saturated carbocycles. The summed E-state index contributed by atoms with van der Waals surface area (Å²) in [4.78, 5) is 24.4. The summed E-state index contributed by atoms with van der Waals surface area (Å²) in [5.41, 5.74) is 0. The summed E-state index contributed by atoms with van der Waals surface area (Å²) in [6.07, 6.45) is 1.90. The van der Waals surface area contributed by atoms with Crippen LogP contribution < -0.4 is 34.7 Å². The number of benzene rings is 1. The molecule has 1 aromatic rings. The summed E-state index contributed by atoms with van der Waals surface area (Å²) < 4.78 is 4.69. The van der Waals surface area contributed by atoms with Gasteiger partial charge in [-0.25, -0.2) is 0 Å². The summed E-state index contributed by atoms with van der Waals surface area (Å²) >= 11 is 1.65. The molecule has 0 amide bonds. The Kier molecular flexibility index (Phi) is 12.2. The molecule has 0 spiro atoms. The summed E-state index contributed by atoms with van der Waals surface area (Å²) in [6, 6.07) is 9.89. The van der Waals surface area contributed by atoms with Gasteiger partial charge in [-0.15, -0.1) is 17.5 Å². The van der Waals surface area contributed by atoms with Crippen molar-refractivity contribution >= 4 is 23.5 Å². The minimum atomic E-state index is -0.830. The van der Waals surface area contributed by atoms with Gasteiger partial charge in [0, 0.05) is 11.3 Å². The van der Waals surface area contributed by atoms with E-state index in [1.807, 2.05) is 44.2 Å². The van der Waals surface area contributed by atoms with Crippen molar-refractivity contribution in [2.45, 2.75) is 31.6 Å². The van der Waals surface area contributed by atoms with Gasteiger partial charge in [-0.1, -0.05) is 32.0 Å². The fourth-order valence-electron chi connectivity index (χ4n) is 2.47. The number of hydrogen-bond acceptors (Lipinski definition) is 5. The van der Waals surface area contributed by atoms with Crippen LogP contribution >= 0.6 is 11.8 Å². The van der Waals surface area contributed by atoms with Gasteiger partial charge in [0.1, 0.15) is 0 Å². The van der Waals surface area contributed by atoms with E-state index in [0.717, 1.165) is 16.7 Å². The average molecular weight is 358 g/mol. The van der Waals surface area contributed by atoms with E-state index in [0.29, 0.717) is 6.42 Å². The summed E-state index contributed by atoms with van der Waals surface area (Å²) in [6.45, 7) is 4.00. The second-order valence-corrected chi connectivity index (χ2v) is 6.10. The molecular weight excluding hydrogens is 335 g/mol. The number of hydrogen-bond donors (Lipinski definition) is 0. The Bertz CT molecular complexity index is 545. The van der Waals surface area contributed by atoms with E-state index in [4.69, 9.17) is 4.74 Å². The van der Waals surface area contributed by atoms with Gasteiger partial charge in [0.25, 0.3) is 0 Å². The first-order chi connectivity index (χ1) is 11.1. The molecule has 2 rings (SSSR count). The van der Waals surface area contributed by atoms with E-state index in [2.05, 4.69) is 0 Å². The third-order valence-corrected chi connectivity index (χ3v) is 4.55. The maximum Gasteiger partial charge on any atom is 1.00 e. The Labute approximate surface area is 170 Å². The Hall–Kier alpha value is -0.750. The molecule has 0 fully saturated rings. The van der Waals surface area contributed by atoms with Crippen molar-refractivity contribution in [2.75, 3.05) is 12.9 Å². The Balaban J connectivity index is 0.00000170. The van der Waals surface area contributed by atoms with Crippen molar-refractivity contribution in [3.8, 4) is 0 Å². The van der Waals surface area contributed by atoms with Crippen LogP contribution in [0.15, 0.2) is 47.1 Å². The first kappa shape index (κ1) is 23.2. The molecule has 1 aliphatic carbocycles. The van der Waals surface area contributed by atoms with E-state index in [9.17, 15) is 14.7 Å². The van der Waals surface area contributed by atoms with Crippen molar-refractivity contribution in [1.29, 1.82) is 0 Å². The molecule has 6 heteroatoms. The molecule has 0 bridgehead atoms. The number of carbonyl (C=O) groups is 2. The second-order valence-electron chi connectivity index (χ2n) is 4.93. The molecule has 0 saturated heterocycles. The molecule has 0 N–H and O–H groups in total. The van der Waals surface area contributed by atoms with Gasteiger partial charge in [-0.05, 0) is 36.3 Å². The molecule has 1 aromatic carbocycles. The van der Waals surface area contributed by atoms with Crippen molar-refractivity contribution in [3.05, 3.63) is 42.2 Å². The predicted octanol–water partition coefficient (Wildman–Crippen LogP) is -0.179. The number of rotatable bonds is 5. The van der Waals surface area contributed by atoms with E-state index >= 15 is 0 Å². The van der Waals surface area contributed by atoms with Crippen LogP contribution in [0.1, 0.15) is 26.7 Å². The fraction of sp³-hybridized carbons (Fsp3) is 0.444. The smallest absolute Gasteiger partial charge is 0.875 e. The topological polar surface area (TPSA) is 66.4 Å². The standard InChI is InChI=1S/C16H18O4S.C2H6.Na/c1-20-16(19)15-11(9-12(17)10-14(15)18)7-8-21-13-5-3-2-4-6-13;1-2;/h2-6,10-11,15,18H,7-9H2,1H3;1-2H3;/q;;+1/p-1. The molecule has 1 aliphatic rings. The number of ether oxygens (including phenoxy) is 1. The van der Waals surface area contributed by atoms with Crippen LogP contribution in [0.25, 0.3) is 0 Å². The fourth-order valence-corrected chi connectivity index (χ4v) is 3.47. The van der Waals surface area contributed by atoms with E-state index in [-0.39, 0.29) is 47.7 Å². The quantitative estimate of drug-likeness (QED) is 0.415. The van der Waals surface area contributed by atoms with Gasteiger partial charge in [0.2, 0.25) is 0 Å². The molecule has 4 nitrogen and oxygen atoms in total. The van der Waals surface area contributed by atoms with Gasteiger partial charge in [-0.2, -0.15) is 0 Å². The number of methoxy groups -OCH3 is 1. The SMILES string of the molecule is CC.COC(=O)C1C([O-])=CC(=O)CC1CCSc1ccccc1.[Na+]. The maximum absolute atomic E-state index is 11.9. The molecule has 24 heavy (non-hydrogen) atoms. The molecule has 0 aromatic heterocycles. The number of carbonyl (C=O) groups excluding carboxylic acids is 2. The van der Waals surface area contributed by atoms with Crippen LogP contribution in [0.3, 0.4) is 0 Å². The Morgan fingerprint density at radius 2 is 1.92 bits per heavy atom. The van der Waals surface area contributed by atoms with Crippen LogP contribution in [-0.2, 0) is 14.3 Å². The number of esters is 1. The maximum atomic E-state index is 11.9. The van der Waals surface area contributed by atoms with Crippen LogP contribution in [0.5, 0.6) is 0 Å². The number of thioether (sulfide) groups is 1. The molecule has 0 aliphatic heterocycles. The van der Waals surface area contributed by atoms with E-state index in [1.54, 1.807) is 11.8 Å². The van der Waals surface area contributed by atoms with Gasteiger partial charge in [0.15, 0.2) is 5.78 Å². The zero-order valence-corrected chi connectivity index (χ0v) is 17.6. The Morgan fingerprint density at radius 1 is 1.29 bits per heavy atom. The molecule has 0 radical (unpaired) electrons. The molecule has 2 unspecified atom stereocenters. The molecule has 2 atom stereocenters. The van der Waals surface area contributed by atoms with Crippen LogP contribution in [0.4, 0.5) is 0 Å². The third-order valence-electron chi connectivity index (χ3n) is 3.50. The zero-order valence-electron chi connectivity index (χ0n) is 14.8.